The standard InChI is InChI=1S/C24H33NO6/c1-7-9-10-11-12-17(25-31-21(26)8-2)16-15-20(29-5)22-18(27-3)13-14-19(28-4)23(22)24(16)30-6/h13-15H,7-12H2,1-6H3. The van der Waals surface area contributed by atoms with Crippen molar-refractivity contribution in [2.24, 2.45) is 5.16 Å². The number of rotatable bonds is 12. The number of methoxy groups -OCH3 is 4. The first kappa shape index (κ1) is 24.3. The molecule has 7 nitrogen and oxygen atoms in total. The summed E-state index contributed by atoms with van der Waals surface area (Å²) in [6.45, 7) is 3.89. The fraction of sp³-hybridized carbons (Fsp3) is 0.500. The van der Waals surface area contributed by atoms with Crippen LogP contribution in [0.5, 0.6) is 23.0 Å². The van der Waals surface area contributed by atoms with E-state index in [1.807, 2.05) is 18.2 Å². The zero-order valence-corrected chi connectivity index (χ0v) is 19.4. The summed E-state index contributed by atoms with van der Waals surface area (Å²) < 4.78 is 22.7. The molecule has 0 heterocycles. The average molecular weight is 432 g/mol. The lowest BCUT2D eigenvalue weighted by molar-refractivity contribution is -0.143. The van der Waals surface area contributed by atoms with Crippen LogP contribution in [0.15, 0.2) is 23.4 Å². The summed E-state index contributed by atoms with van der Waals surface area (Å²) in [5, 5.41) is 5.66. The molecule has 0 saturated heterocycles. The second-order valence-electron chi connectivity index (χ2n) is 7.05. The van der Waals surface area contributed by atoms with Gasteiger partial charge in [0.25, 0.3) is 0 Å². The molecule has 170 valence electrons. The average Bonchev–Trinajstić information content (AvgIpc) is 2.81. The normalized spacial score (nSPS) is 11.4. The number of hydrogen-bond donors (Lipinski definition) is 0. The molecule has 0 atom stereocenters. The molecule has 2 aromatic carbocycles. The molecule has 0 bridgehead atoms. The second kappa shape index (κ2) is 12.0. The number of nitrogens with zero attached hydrogens (tertiary/aromatic N) is 1. The van der Waals surface area contributed by atoms with Crippen molar-refractivity contribution in [3.05, 3.63) is 23.8 Å². The van der Waals surface area contributed by atoms with Gasteiger partial charge in [-0.05, 0) is 31.0 Å². The molecule has 0 radical (unpaired) electrons. The van der Waals surface area contributed by atoms with Gasteiger partial charge < -0.3 is 23.8 Å². The maximum Gasteiger partial charge on any atom is 0.334 e. The number of ether oxygens (including phenoxy) is 4. The SMILES string of the molecule is CCCCCCC(=NOC(=O)CC)c1cc(OC)c2c(OC)ccc(OC)c2c1OC. The summed E-state index contributed by atoms with van der Waals surface area (Å²) in [6, 6.07) is 5.50. The minimum absolute atomic E-state index is 0.246. The number of fused-ring (bicyclic) bond motifs is 1. The Balaban J connectivity index is 2.74. The van der Waals surface area contributed by atoms with Gasteiger partial charge in [-0.2, -0.15) is 0 Å². The summed E-state index contributed by atoms with van der Waals surface area (Å²) in [4.78, 5) is 16.9. The Labute approximate surface area is 184 Å². The van der Waals surface area contributed by atoms with Crippen molar-refractivity contribution < 1.29 is 28.6 Å². The van der Waals surface area contributed by atoms with Crippen LogP contribution in [0.25, 0.3) is 10.8 Å². The highest BCUT2D eigenvalue weighted by atomic mass is 16.7. The molecule has 0 N–H and O–H groups in total. The van der Waals surface area contributed by atoms with Gasteiger partial charge >= 0.3 is 5.97 Å². The molecular formula is C24H33NO6. The summed E-state index contributed by atoms with van der Waals surface area (Å²) in [7, 11) is 6.39. The first-order valence-electron chi connectivity index (χ1n) is 10.6. The highest BCUT2D eigenvalue weighted by molar-refractivity contribution is 6.12. The largest absolute Gasteiger partial charge is 0.496 e. The van der Waals surface area contributed by atoms with Crippen LogP contribution in [0, 0.1) is 0 Å². The Morgan fingerprint density at radius 2 is 1.48 bits per heavy atom. The van der Waals surface area contributed by atoms with Crippen LogP contribution in [-0.4, -0.2) is 40.1 Å². The molecule has 0 aliphatic heterocycles. The Kier molecular flexibility index (Phi) is 9.43. The number of oxime groups is 1. The van der Waals surface area contributed by atoms with Gasteiger partial charge in [-0.3, -0.25) is 0 Å². The number of benzene rings is 2. The van der Waals surface area contributed by atoms with E-state index in [0.29, 0.717) is 46.1 Å². The van der Waals surface area contributed by atoms with Crippen molar-refractivity contribution in [1.29, 1.82) is 0 Å². The van der Waals surface area contributed by atoms with Gasteiger partial charge in [0.05, 0.1) is 44.9 Å². The summed E-state index contributed by atoms with van der Waals surface area (Å²) >= 11 is 0. The van der Waals surface area contributed by atoms with E-state index < -0.39 is 5.97 Å². The van der Waals surface area contributed by atoms with Crippen molar-refractivity contribution in [2.75, 3.05) is 28.4 Å². The third kappa shape index (κ3) is 5.60. The van der Waals surface area contributed by atoms with Gasteiger partial charge in [0.2, 0.25) is 0 Å². The second-order valence-corrected chi connectivity index (χ2v) is 7.05. The maximum atomic E-state index is 11.8. The Morgan fingerprint density at radius 3 is 2.03 bits per heavy atom. The van der Waals surface area contributed by atoms with Crippen LogP contribution in [0.2, 0.25) is 0 Å². The van der Waals surface area contributed by atoms with Crippen LogP contribution < -0.4 is 18.9 Å². The molecule has 2 aromatic rings. The smallest absolute Gasteiger partial charge is 0.334 e. The van der Waals surface area contributed by atoms with Crippen molar-refractivity contribution in [1.82, 2.24) is 0 Å². The molecule has 0 aromatic heterocycles. The first-order valence-corrected chi connectivity index (χ1v) is 10.6. The van der Waals surface area contributed by atoms with E-state index in [0.717, 1.165) is 31.1 Å². The van der Waals surface area contributed by atoms with Crippen molar-refractivity contribution in [2.45, 2.75) is 52.4 Å². The third-order valence-corrected chi connectivity index (χ3v) is 5.11. The van der Waals surface area contributed by atoms with Crippen LogP contribution in [0.1, 0.15) is 57.9 Å². The van der Waals surface area contributed by atoms with Crippen LogP contribution in [0.4, 0.5) is 0 Å². The maximum absolute atomic E-state index is 11.8. The van der Waals surface area contributed by atoms with Gasteiger partial charge in [-0.1, -0.05) is 38.3 Å². The van der Waals surface area contributed by atoms with Crippen molar-refractivity contribution >= 4 is 22.5 Å². The van der Waals surface area contributed by atoms with E-state index in [1.165, 1.54) is 0 Å². The fourth-order valence-electron chi connectivity index (χ4n) is 3.48. The lowest BCUT2D eigenvalue weighted by atomic mass is 9.96. The number of unbranched alkanes of at least 4 members (excludes halogenated alkanes) is 3. The summed E-state index contributed by atoms with van der Waals surface area (Å²) in [5.74, 6) is 2.01. The van der Waals surface area contributed by atoms with Crippen molar-refractivity contribution in [3.8, 4) is 23.0 Å². The van der Waals surface area contributed by atoms with Crippen LogP contribution in [0.3, 0.4) is 0 Å². The minimum Gasteiger partial charge on any atom is -0.496 e. The Hall–Kier alpha value is -2.96. The third-order valence-electron chi connectivity index (χ3n) is 5.11. The van der Waals surface area contributed by atoms with Crippen LogP contribution >= 0.6 is 0 Å². The predicted octanol–water partition coefficient (Wildman–Crippen LogP) is 5.50. The van der Waals surface area contributed by atoms with Gasteiger partial charge in [-0.15, -0.1) is 0 Å². The van der Waals surface area contributed by atoms with Gasteiger partial charge in [0.1, 0.15) is 23.0 Å². The van der Waals surface area contributed by atoms with E-state index in [4.69, 9.17) is 23.8 Å². The predicted molar refractivity (Wildman–Crippen MR) is 122 cm³/mol. The van der Waals surface area contributed by atoms with E-state index in [9.17, 15) is 4.79 Å². The molecule has 31 heavy (non-hydrogen) atoms. The number of carbonyl (C=O) groups is 1. The van der Waals surface area contributed by atoms with Gasteiger partial charge in [0.15, 0.2) is 0 Å². The highest BCUT2D eigenvalue weighted by Crippen LogP contribution is 2.46. The van der Waals surface area contributed by atoms with E-state index in [2.05, 4.69) is 12.1 Å². The summed E-state index contributed by atoms with van der Waals surface area (Å²) in [6.07, 6.45) is 5.10. The summed E-state index contributed by atoms with van der Waals surface area (Å²) in [5.41, 5.74) is 1.32. The topological polar surface area (TPSA) is 75.6 Å². The van der Waals surface area contributed by atoms with Crippen molar-refractivity contribution in [3.63, 3.8) is 0 Å². The lowest BCUT2D eigenvalue weighted by Gasteiger charge is -2.19. The minimum atomic E-state index is -0.392. The Bertz CT molecular complexity index is 922. The molecule has 0 fully saturated rings. The van der Waals surface area contributed by atoms with E-state index in [1.54, 1.807) is 35.4 Å². The lowest BCUT2D eigenvalue weighted by Crippen LogP contribution is -2.09. The molecule has 0 spiro atoms. The molecule has 0 saturated carbocycles. The van der Waals surface area contributed by atoms with Gasteiger partial charge in [-0.25, -0.2) is 4.79 Å². The quantitative estimate of drug-likeness (QED) is 0.191. The van der Waals surface area contributed by atoms with Crippen LogP contribution in [-0.2, 0) is 9.63 Å². The monoisotopic (exact) mass is 431 g/mol. The first-order chi connectivity index (χ1) is 15.1. The molecule has 0 unspecified atom stereocenters. The zero-order valence-electron chi connectivity index (χ0n) is 19.4. The van der Waals surface area contributed by atoms with E-state index in [-0.39, 0.29) is 6.42 Å². The Morgan fingerprint density at radius 1 is 0.839 bits per heavy atom. The van der Waals surface area contributed by atoms with E-state index >= 15 is 0 Å². The van der Waals surface area contributed by atoms with Gasteiger partial charge in [0, 0.05) is 12.0 Å². The molecule has 2 rings (SSSR count). The molecule has 0 aliphatic rings. The zero-order chi connectivity index (χ0) is 22.8. The fourth-order valence-corrected chi connectivity index (χ4v) is 3.48. The number of carbonyl (C=O) groups excluding carboxylic acids is 1. The molecule has 0 amide bonds. The molecule has 7 heteroatoms. The highest BCUT2D eigenvalue weighted by Gasteiger charge is 2.23. The number of hydrogen-bond acceptors (Lipinski definition) is 7. The molecule has 0 aliphatic carbocycles. The molecular weight excluding hydrogens is 398 g/mol.